The van der Waals surface area contributed by atoms with Crippen molar-refractivity contribution in [2.24, 2.45) is 0 Å². The van der Waals surface area contributed by atoms with Gasteiger partial charge in [-0.2, -0.15) is 0 Å². The summed E-state index contributed by atoms with van der Waals surface area (Å²) >= 11 is 5.69. The maximum atomic E-state index is 9.40. The first-order valence-electron chi connectivity index (χ1n) is 3.37. The van der Waals surface area contributed by atoms with E-state index in [1.807, 2.05) is 6.07 Å². The van der Waals surface area contributed by atoms with E-state index in [1.54, 1.807) is 11.4 Å². The van der Waals surface area contributed by atoms with Crippen LogP contribution < -0.4 is 5.73 Å². The van der Waals surface area contributed by atoms with Gasteiger partial charge in [0, 0.05) is 26.0 Å². The summed E-state index contributed by atoms with van der Waals surface area (Å²) in [6.45, 7) is 0. The number of benzene rings is 1. The van der Waals surface area contributed by atoms with Crippen LogP contribution in [-0.2, 0) is 0 Å². The van der Waals surface area contributed by atoms with Crippen molar-refractivity contribution in [1.82, 2.24) is 0 Å². The zero-order chi connectivity index (χ0) is 8.72. The number of hydrogen-bond acceptors (Lipinski definition) is 4. The molecule has 0 aliphatic carbocycles. The Hall–Kier alpha value is -0.870. The van der Waals surface area contributed by atoms with Gasteiger partial charge in [0.15, 0.2) is 0 Å². The first-order chi connectivity index (χ1) is 5.68. The van der Waals surface area contributed by atoms with Crippen molar-refractivity contribution in [1.29, 1.82) is 0 Å². The fraction of sp³-hybridized carbons (Fsp3) is 0. The number of fused-ring (bicyclic) bond motifs is 1. The molecule has 2 rings (SSSR count). The molecule has 0 radical (unpaired) electrons. The highest BCUT2D eigenvalue weighted by atomic mass is 32.1. The molecule has 0 saturated carbocycles. The quantitative estimate of drug-likeness (QED) is 0.449. The second-order valence-corrected chi connectivity index (χ2v) is 3.93. The van der Waals surface area contributed by atoms with Gasteiger partial charge in [-0.25, -0.2) is 0 Å². The second-order valence-electron chi connectivity index (χ2n) is 2.53. The van der Waals surface area contributed by atoms with Crippen molar-refractivity contribution in [3.05, 3.63) is 17.5 Å². The second kappa shape index (κ2) is 2.57. The summed E-state index contributed by atoms with van der Waals surface area (Å²) in [5.41, 5.74) is 6.29. The van der Waals surface area contributed by atoms with E-state index in [2.05, 4.69) is 12.6 Å². The number of thiol groups is 1. The average molecular weight is 197 g/mol. The monoisotopic (exact) mass is 197 g/mol. The Morgan fingerprint density at radius 1 is 1.42 bits per heavy atom. The van der Waals surface area contributed by atoms with Crippen molar-refractivity contribution in [3.63, 3.8) is 0 Å². The van der Waals surface area contributed by atoms with Gasteiger partial charge in [0.1, 0.15) is 5.75 Å². The smallest absolute Gasteiger partial charge is 0.135 e. The van der Waals surface area contributed by atoms with Gasteiger partial charge < -0.3 is 10.8 Å². The molecule has 12 heavy (non-hydrogen) atoms. The highest BCUT2D eigenvalue weighted by Gasteiger charge is 2.06. The highest BCUT2D eigenvalue weighted by molar-refractivity contribution is 7.80. The zero-order valence-corrected chi connectivity index (χ0v) is 7.82. The van der Waals surface area contributed by atoms with E-state index in [4.69, 9.17) is 5.73 Å². The van der Waals surface area contributed by atoms with Crippen LogP contribution >= 0.6 is 24.0 Å². The number of nitrogens with two attached hydrogens (primary N) is 1. The van der Waals surface area contributed by atoms with Crippen molar-refractivity contribution in [2.45, 2.75) is 4.90 Å². The van der Waals surface area contributed by atoms with Crippen LogP contribution in [0.2, 0.25) is 0 Å². The van der Waals surface area contributed by atoms with Crippen molar-refractivity contribution >= 4 is 39.7 Å². The van der Waals surface area contributed by atoms with Crippen LogP contribution in [0.5, 0.6) is 5.75 Å². The zero-order valence-electron chi connectivity index (χ0n) is 6.11. The lowest BCUT2D eigenvalue weighted by atomic mass is 10.2. The molecular formula is C8H7NOS2. The Bertz CT molecular complexity index is 436. The molecular weight excluding hydrogens is 190 g/mol. The minimum absolute atomic E-state index is 0.278. The minimum Gasteiger partial charge on any atom is -0.506 e. The summed E-state index contributed by atoms with van der Waals surface area (Å²) in [5, 5.41) is 11.9. The van der Waals surface area contributed by atoms with E-state index in [0.29, 0.717) is 5.69 Å². The Labute approximate surface area is 79.0 Å². The minimum atomic E-state index is 0.278. The van der Waals surface area contributed by atoms with Gasteiger partial charge in [0.05, 0.1) is 0 Å². The van der Waals surface area contributed by atoms with Crippen LogP contribution in [0, 0.1) is 0 Å². The molecule has 0 saturated heterocycles. The van der Waals surface area contributed by atoms with Gasteiger partial charge in [0.2, 0.25) is 0 Å². The average Bonchev–Trinajstić information content (AvgIpc) is 2.31. The maximum absolute atomic E-state index is 9.40. The summed E-state index contributed by atoms with van der Waals surface area (Å²) in [6.07, 6.45) is 0. The van der Waals surface area contributed by atoms with E-state index in [-0.39, 0.29) is 5.75 Å². The number of rotatable bonds is 0. The van der Waals surface area contributed by atoms with Crippen molar-refractivity contribution in [2.75, 3.05) is 5.73 Å². The Morgan fingerprint density at radius 2 is 2.17 bits per heavy atom. The van der Waals surface area contributed by atoms with Gasteiger partial charge in [-0.3, -0.25) is 0 Å². The molecule has 0 unspecified atom stereocenters. The lowest BCUT2D eigenvalue weighted by molar-refractivity contribution is 0.483. The Kier molecular flexibility index (Phi) is 1.66. The van der Waals surface area contributed by atoms with E-state index >= 15 is 0 Å². The third-order valence-corrected chi connectivity index (χ3v) is 2.93. The van der Waals surface area contributed by atoms with Gasteiger partial charge in [-0.15, -0.1) is 24.0 Å². The first kappa shape index (κ1) is 7.76. The molecule has 0 aliphatic rings. The molecule has 62 valence electrons. The van der Waals surface area contributed by atoms with E-state index in [9.17, 15) is 5.11 Å². The van der Waals surface area contributed by atoms with Crippen molar-refractivity contribution < 1.29 is 5.11 Å². The van der Waals surface area contributed by atoms with Crippen molar-refractivity contribution in [3.8, 4) is 5.75 Å². The Morgan fingerprint density at radius 3 is 2.92 bits per heavy atom. The standard InChI is InChI=1S/C8H7NOS2/c9-4-1-6(11)8-5(10)3-12-7(8)2-4/h1-3,10-11H,9H2. The third-order valence-electron chi connectivity index (χ3n) is 1.66. The molecule has 0 atom stereocenters. The first-order valence-corrected chi connectivity index (χ1v) is 4.70. The van der Waals surface area contributed by atoms with Crippen LogP contribution in [0.4, 0.5) is 5.69 Å². The lowest BCUT2D eigenvalue weighted by Crippen LogP contribution is -1.83. The van der Waals surface area contributed by atoms with Crippen LogP contribution in [0.25, 0.3) is 10.1 Å². The van der Waals surface area contributed by atoms with Gasteiger partial charge in [-0.1, -0.05) is 0 Å². The number of thiophene rings is 1. The number of nitrogen functional groups attached to an aromatic ring is 1. The molecule has 2 nitrogen and oxygen atoms in total. The van der Waals surface area contributed by atoms with E-state index < -0.39 is 0 Å². The number of aromatic hydroxyl groups is 1. The lowest BCUT2D eigenvalue weighted by Gasteiger charge is -1.98. The largest absolute Gasteiger partial charge is 0.506 e. The topological polar surface area (TPSA) is 46.2 Å². The summed E-state index contributed by atoms with van der Waals surface area (Å²) in [7, 11) is 0. The van der Waals surface area contributed by atoms with Crippen LogP contribution in [0.1, 0.15) is 0 Å². The van der Waals surface area contributed by atoms with Crippen LogP contribution in [0.3, 0.4) is 0 Å². The summed E-state index contributed by atoms with van der Waals surface area (Å²) < 4.78 is 0.970. The maximum Gasteiger partial charge on any atom is 0.135 e. The molecule has 0 fully saturated rings. The molecule has 0 spiro atoms. The predicted octanol–water partition coefficient (Wildman–Crippen LogP) is 2.48. The summed E-state index contributed by atoms with van der Waals surface area (Å²) in [5.74, 6) is 0.278. The summed E-state index contributed by atoms with van der Waals surface area (Å²) in [4.78, 5) is 0.726. The molecule has 0 amide bonds. The molecule has 3 N–H and O–H groups in total. The normalized spacial score (nSPS) is 10.8. The van der Waals surface area contributed by atoms with E-state index in [0.717, 1.165) is 15.0 Å². The van der Waals surface area contributed by atoms with Gasteiger partial charge in [-0.05, 0) is 12.1 Å². The number of anilines is 1. The molecule has 0 aliphatic heterocycles. The fourth-order valence-electron chi connectivity index (χ4n) is 1.15. The van der Waals surface area contributed by atoms with Crippen LogP contribution in [0.15, 0.2) is 22.4 Å². The van der Waals surface area contributed by atoms with E-state index in [1.165, 1.54) is 11.3 Å². The third kappa shape index (κ3) is 1.04. The van der Waals surface area contributed by atoms with Crippen LogP contribution in [-0.4, -0.2) is 5.11 Å². The summed E-state index contributed by atoms with van der Waals surface area (Å²) in [6, 6.07) is 3.57. The Balaban J connectivity index is 2.93. The van der Waals surface area contributed by atoms with Gasteiger partial charge >= 0.3 is 0 Å². The number of hydrogen-bond donors (Lipinski definition) is 3. The molecule has 1 aromatic heterocycles. The molecule has 4 heteroatoms. The molecule has 2 aromatic rings. The highest BCUT2D eigenvalue weighted by Crippen LogP contribution is 2.36. The van der Waals surface area contributed by atoms with Gasteiger partial charge in [0.25, 0.3) is 0 Å². The molecule has 0 bridgehead atoms. The fourth-order valence-corrected chi connectivity index (χ4v) is 2.50. The SMILES string of the molecule is Nc1cc(S)c2c(O)csc2c1. The predicted molar refractivity (Wildman–Crippen MR) is 55.2 cm³/mol. The molecule has 1 heterocycles. The molecule has 1 aromatic carbocycles.